The van der Waals surface area contributed by atoms with Crippen molar-refractivity contribution in [2.45, 2.75) is 31.8 Å². The van der Waals surface area contributed by atoms with E-state index in [1.807, 2.05) is 42.5 Å². The van der Waals surface area contributed by atoms with Crippen LogP contribution in [0.2, 0.25) is 0 Å². The Bertz CT molecular complexity index is 1520. The maximum atomic E-state index is 13.0. The summed E-state index contributed by atoms with van der Waals surface area (Å²) in [4.78, 5) is 49.1. The van der Waals surface area contributed by atoms with Crippen LogP contribution in [0.15, 0.2) is 75.3 Å². The summed E-state index contributed by atoms with van der Waals surface area (Å²) in [5.41, 5.74) is 2.41. The fraction of sp³-hybridized carbons (Fsp3) is 0.300. The molecule has 3 heterocycles. The second-order valence-electron chi connectivity index (χ2n) is 9.54. The number of fused-ring (bicyclic) bond motifs is 3. The number of amides is 3. The Morgan fingerprint density at radius 1 is 1.00 bits per heavy atom. The van der Waals surface area contributed by atoms with Crippen molar-refractivity contribution in [2.24, 2.45) is 9.98 Å². The molecule has 0 fully saturated rings. The minimum Gasteiger partial charge on any atom is -0.493 e. The Balaban J connectivity index is 1.20. The molecule has 5 rings (SSSR count). The molecule has 12 heteroatoms. The number of carbonyl (C=O) groups is 3. The van der Waals surface area contributed by atoms with E-state index in [1.54, 1.807) is 37.5 Å². The van der Waals surface area contributed by atoms with E-state index < -0.39 is 6.04 Å². The Morgan fingerprint density at radius 2 is 1.83 bits per heavy atom. The summed E-state index contributed by atoms with van der Waals surface area (Å²) in [5, 5.41) is 6.24. The molecule has 11 nitrogen and oxygen atoms in total. The van der Waals surface area contributed by atoms with Gasteiger partial charge in [0.25, 0.3) is 5.91 Å². The standard InChI is InChI=1S/C30H31N5O6S/c1-39-24-11-9-19(16-25(24)40-2)13-14-31-27(37)18-42-30-33-22-8-4-3-7-21(22)28-34-29(38)23(35(28)30)10-12-26(36)32-17-20-6-5-15-41-20/h3-9,11,15-16,23H,10,12-14,17-18H2,1-2H3,(H,31,37)(H,32,36). The smallest absolute Gasteiger partial charge is 0.270 e. The number of thioether (sulfide) groups is 1. The summed E-state index contributed by atoms with van der Waals surface area (Å²) < 4.78 is 15.9. The van der Waals surface area contributed by atoms with Gasteiger partial charge in [0.2, 0.25) is 11.8 Å². The highest BCUT2D eigenvalue weighted by Gasteiger charge is 2.41. The van der Waals surface area contributed by atoms with Crippen LogP contribution in [0.1, 0.15) is 29.7 Å². The Kier molecular flexibility index (Phi) is 9.22. The molecule has 1 unspecified atom stereocenters. The van der Waals surface area contributed by atoms with Crippen LogP contribution in [-0.2, 0) is 27.3 Å². The number of benzene rings is 2. The molecule has 0 saturated heterocycles. The number of hydrogen-bond donors (Lipinski definition) is 2. The van der Waals surface area contributed by atoms with Crippen LogP contribution >= 0.6 is 11.8 Å². The van der Waals surface area contributed by atoms with Gasteiger partial charge in [-0.15, -0.1) is 0 Å². The zero-order valence-corrected chi connectivity index (χ0v) is 24.1. The molecule has 0 saturated carbocycles. The number of amidine groups is 2. The molecule has 2 N–H and O–H groups in total. The van der Waals surface area contributed by atoms with Gasteiger partial charge in [-0.05, 0) is 54.8 Å². The molecule has 2 aromatic carbocycles. The van der Waals surface area contributed by atoms with Crippen molar-refractivity contribution in [1.29, 1.82) is 0 Å². The Labute approximate surface area is 247 Å². The number of nitrogens with zero attached hydrogens (tertiary/aromatic N) is 3. The molecule has 0 bridgehead atoms. The third-order valence-corrected chi connectivity index (χ3v) is 7.76. The highest BCUT2D eigenvalue weighted by molar-refractivity contribution is 8.14. The van der Waals surface area contributed by atoms with Crippen molar-refractivity contribution in [3.63, 3.8) is 0 Å². The molecule has 0 aliphatic carbocycles. The second kappa shape index (κ2) is 13.4. The number of rotatable bonds is 12. The summed E-state index contributed by atoms with van der Waals surface area (Å²) in [7, 11) is 3.17. The van der Waals surface area contributed by atoms with Gasteiger partial charge in [-0.3, -0.25) is 19.3 Å². The molecule has 218 valence electrons. The van der Waals surface area contributed by atoms with Gasteiger partial charge in [0.1, 0.15) is 17.6 Å². The van der Waals surface area contributed by atoms with Crippen molar-refractivity contribution in [1.82, 2.24) is 15.5 Å². The summed E-state index contributed by atoms with van der Waals surface area (Å²) in [5.74, 6) is 1.80. The number of furan rings is 1. The quantitative estimate of drug-likeness (QED) is 0.328. The van der Waals surface area contributed by atoms with Gasteiger partial charge in [0.05, 0.1) is 38.5 Å². The number of ether oxygens (including phenoxy) is 2. The third kappa shape index (κ3) is 6.65. The Hall–Kier alpha value is -4.58. The number of methoxy groups -OCH3 is 2. The molecule has 3 aromatic rings. The van der Waals surface area contributed by atoms with E-state index in [9.17, 15) is 14.4 Å². The first-order valence-electron chi connectivity index (χ1n) is 13.5. The average Bonchev–Trinajstić information content (AvgIpc) is 3.65. The van der Waals surface area contributed by atoms with Crippen LogP contribution < -0.4 is 20.1 Å². The lowest BCUT2D eigenvalue weighted by atomic mass is 10.1. The first kappa shape index (κ1) is 28.9. The zero-order chi connectivity index (χ0) is 29.5. The molecule has 2 aliphatic heterocycles. The van der Waals surface area contributed by atoms with Gasteiger partial charge in [-0.2, -0.15) is 4.99 Å². The van der Waals surface area contributed by atoms with E-state index in [4.69, 9.17) is 18.9 Å². The van der Waals surface area contributed by atoms with Gasteiger partial charge in [0.15, 0.2) is 16.7 Å². The van der Waals surface area contributed by atoms with Crippen molar-refractivity contribution < 1.29 is 28.3 Å². The lowest BCUT2D eigenvalue weighted by Gasteiger charge is -2.31. The van der Waals surface area contributed by atoms with E-state index in [-0.39, 0.29) is 42.9 Å². The van der Waals surface area contributed by atoms with Crippen LogP contribution in [0, 0.1) is 0 Å². The topological polar surface area (TPSA) is 135 Å². The van der Waals surface area contributed by atoms with Gasteiger partial charge >= 0.3 is 0 Å². The van der Waals surface area contributed by atoms with Gasteiger partial charge < -0.3 is 24.5 Å². The molecular formula is C30H31N5O6S. The number of aliphatic imine (C=N–C) groups is 2. The van der Waals surface area contributed by atoms with E-state index in [1.165, 1.54) is 11.8 Å². The van der Waals surface area contributed by atoms with Crippen LogP contribution in [0.25, 0.3) is 0 Å². The molecule has 3 amide bonds. The van der Waals surface area contributed by atoms with Crippen molar-refractivity contribution in [3.05, 3.63) is 77.7 Å². The number of nitrogens with one attached hydrogen (secondary N) is 2. The number of hydrogen-bond acceptors (Lipinski definition) is 9. The molecule has 42 heavy (non-hydrogen) atoms. The fourth-order valence-corrected chi connectivity index (χ4v) is 5.57. The summed E-state index contributed by atoms with van der Waals surface area (Å²) in [6.07, 6.45) is 2.52. The molecule has 0 spiro atoms. The van der Waals surface area contributed by atoms with E-state index in [0.29, 0.717) is 46.9 Å². The summed E-state index contributed by atoms with van der Waals surface area (Å²) in [6, 6.07) is 15.9. The maximum absolute atomic E-state index is 13.0. The van der Waals surface area contributed by atoms with Crippen molar-refractivity contribution in [3.8, 4) is 11.5 Å². The monoisotopic (exact) mass is 589 g/mol. The molecule has 0 radical (unpaired) electrons. The lowest BCUT2D eigenvalue weighted by molar-refractivity contribution is -0.122. The SMILES string of the molecule is COc1ccc(CCNC(=O)CSC2=Nc3ccccc3C3=NC(=O)C(CCC(=O)NCc4ccco4)N23)cc1OC. The fourth-order valence-electron chi connectivity index (χ4n) is 4.69. The molecule has 1 atom stereocenters. The van der Waals surface area contributed by atoms with Crippen molar-refractivity contribution in [2.75, 3.05) is 26.5 Å². The summed E-state index contributed by atoms with van der Waals surface area (Å²) >= 11 is 1.23. The third-order valence-electron chi connectivity index (χ3n) is 6.81. The Morgan fingerprint density at radius 3 is 2.62 bits per heavy atom. The highest BCUT2D eigenvalue weighted by Crippen LogP contribution is 2.35. The van der Waals surface area contributed by atoms with Gasteiger partial charge in [-0.25, -0.2) is 4.99 Å². The normalized spacial score (nSPS) is 15.3. The van der Waals surface area contributed by atoms with Crippen LogP contribution in [0.5, 0.6) is 11.5 Å². The first-order chi connectivity index (χ1) is 20.5. The summed E-state index contributed by atoms with van der Waals surface area (Å²) in [6.45, 7) is 0.710. The van der Waals surface area contributed by atoms with Crippen LogP contribution in [0.4, 0.5) is 5.69 Å². The largest absolute Gasteiger partial charge is 0.493 e. The molecule has 1 aromatic heterocycles. The number of para-hydroxylation sites is 1. The minimum absolute atomic E-state index is 0.0985. The van der Waals surface area contributed by atoms with Gasteiger partial charge in [0, 0.05) is 18.5 Å². The maximum Gasteiger partial charge on any atom is 0.270 e. The minimum atomic E-state index is -0.693. The lowest BCUT2D eigenvalue weighted by Crippen LogP contribution is -2.44. The molecular weight excluding hydrogens is 558 g/mol. The van der Waals surface area contributed by atoms with Crippen molar-refractivity contribution >= 4 is 46.2 Å². The van der Waals surface area contributed by atoms with E-state index in [2.05, 4.69) is 15.6 Å². The predicted molar refractivity (Wildman–Crippen MR) is 159 cm³/mol. The van der Waals surface area contributed by atoms with Crippen LogP contribution in [-0.4, -0.2) is 66.2 Å². The zero-order valence-electron chi connectivity index (χ0n) is 23.3. The van der Waals surface area contributed by atoms with Crippen LogP contribution in [0.3, 0.4) is 0 Å². The molecule has 2 aliphatic rings. The first-order valence-corrected chi connectivity index (χ1v) is 14.4. The second-order valence-corrected chi connectivity index (χ2v) is 10.5. The van der Waals surface area contributed by atoms with Gasteiger partial charge in [-0.1, -0.05) is 30.0 Å². The average molecular weight is 590 g/mol. The predicted octanol–water partition coefficient (Wildman–Crippen LogP) is 3.44. The van der Waals surface area contributed by atoms with E-state index >= 15 is 0 Å². The highest BCUT2D eigenvalue weighted by atomic mass is 32.2. The van der Waals surface area contributed by atoms with E-state index in [0.717, 1.165) is 11.1 Å². The number of carbonyl (C=O) groups excluding carboxylic acids is 3.